The molecule has 1 aromatic heterocycles. The van der Waals surface area contributed by atoms with E-state index < -0.39 is 0 Å². The lowest BCUT2D eigenvalue weighted by molar-refractivity contribution is -0.141. The fourth-order valence-electron chi connectivity index (χ4n) is 5.86. The highest BCUT2D eigenvalue weighted by Crippen LogP contribution is 2.58. The van der Waals surface area contributed by atoms with Crippen molar-refractivity contribution in [3.05, 3.63) is 54.1 Å². The molecule has 4 heterocycles. The largest absolute Gasteiger partial charge is 0.345 e. The molecule has 0 saturated carbocycles. The van der Waals surface area contributed by atoms with Crippen molar-refractivity contribution in [3.63, 3.8) is 0 Å². The van der Waals surface area contributed by atoms with E-state index in [1.54, 1.807) is 12.4 Å². The van der Waals surface area contributed by atoms with Crippen molar-refractivity contribution in [1.29, 1.82) is 0 Å². The van der Waals surface area contributed by atoms with Gasteiger partial charge < -0.3 is 9.80 Å². The van der Waals surface area contributed by atoms with Gasteiger partial charge in [0.25, 0.3) is 0 Å². The van der Waals surface area contributed by atoms with Crippen LogP contribution < -0.4 is 4.90 Å². The van der Waals surface area contributed by atoms with Crippen LogP contribution in [0.15, 0.2) is 42.7 Å². The van der Waals surface area contributed by atoms with E-state index in [9.17, 15) is 9.18 Å². The Kier molecular flexibility index (Phi) is 4.73. The van der Waals surface area contributed by atoms with Crippen molar-refractivity contribution in [2.75, 3.05) is 44.7 Å². The number of rotatable bonds is 3. The summed E-state index contributed by atoms with van der Waals surface area (Å²) in [5.74, 6) is 0.814. The minimum absolute atomic E-state index is 0.0483. The number of hydrogen-bond donors (Lipinski definition) is 0. The van der Waals surface area contributed by atoms with Crippen molar-refractivity contribution in [3.8, 4) is 0 Å². The summed E-state index contributed by atoms with van der Waals surface area (Å²) in [6.07, 6.45) is 6.42. The average molecular weight is 410 g/mol. The molecule has 3 aliphatic rings. The molecule has 0 N–H and O–H groups in total. The highest BCUT2D eigenvalue weighted by Gasteiger charge is 2.65. The Morgan fingerprint density at radius 1 is 1.00 bits per heavy atom. The van der Waals surface area contributed by atoms with Crippen molar-refractivity contribution in [1.82, 2.24) is 19.8 Å². The molecule has 158 valence electrons. The van der Waals surface area contributed by atoms with E-state index in [2.05, 4.69) is 19.8 Å². The number of anilines is 1. The zero-order valence-electron chi connectivity index (χ0n) is 17.4. The van der Waals surface area contributed by atoms with Gasteiger partial charge in [0.1, 0.15) is 5.82 Å². The normalized spacial score (nSPS) is 26.3. The third-order valence-corrected chi connectivity index (χ3v) is 7.57. The lowest BCUT2D eigenvalue weighted by Crippen LogP contribution is -2.52. The Morgan fingerprint density at radius 3 is 2.33 bits per heavy atom. The smallest absolute Gasteiger partial charge is 0.231 e. The van der Waals surface area contributed by atoms with Crippen molar-refractivity contribution >= 4 is 11.9 Å². The lowest BCUT2D eigenvalue weighted by atomic mass is 9.60. The predicted molar refractivity (Wildman–Crippen MR) is 112 cm³/mol. The average Bonchev–Trinajstić information content (AvgIpc) is 3.25. The van der Waals surface area contributed by atoms with Crippen molar-refractivity contribution < 1.29 is 9.18 Å². The maximum Gasteiger partial charge on any atom is 0.231 e. The van der Waals surface area contributed by atoms with Gasteiger partial charge in [-0.25, -0.2) is 14.4 Å². The molecule has 3 fully saturated rings. The number of nitrogens with zero attached hydrogens (tertiary/aromatic N) is 5. The van der Waals surface area contributed by atoms with E-state index in [1.807, 2.05) is 30.1 Å². The van der Waals surface area contributed by atoms with Gasteiger partial charge in [0.2, 0.25) is 11.9 Å². The Morgan fingerprint density at radius 2 is 1.70 bits per heavy atom. The summed E-state index contributed by atoms with van der Waals surface area (Å²) in [6, 6.07) is 8.60. The van der Waals surface area contributed by atoms with Crippen LogP contribution in [0.3, 0.4) is 0 Å². The highest BCUT2D eigenvalue weighted by atomic mass is 19.1. The predicted octanol–water partition coefficient (Wildman–Crippen LogP) is 2.57. The topological polar surface area (TPSA) is 52.6 Å². The van der Waals surface area contributed by atoms with E-state index in [4.69, 9.17) is 0 Å². The second kappa shape index (κ2) is 7.30. The number of aromatic nitrogens is 2. The van der Waals surface area contributed by atoms with E-state index in [0.717, 1.165) is 63.5 Å². The van der Waals surface area contributed by atoms with Gasteiger partial charge in [0.05, 0.1) is 5.41 Å². The quantitative estimate of drug-likeness (QED) is 0.780. The van der Waals surface area contributed by atoms with Crippen molar-refractivity contribution in [2.24, 2.45) is 10.8 Å². The van der Waals surface area contributed by atoms with Crippen LogP contribution in [-0.4, -0.2) is 65.4 Å². The molecule has 30 heavy (non-hydrogen) atoms. The molecule has 1 aromatic carbocycles. The molecule has 6 nitrogen and oxygen atoms in total. The van der Waals surface area contributed by atoms with Crippen LogP contribution in [0.25, 0.3) is 0 Å². The molecule has 1 unspecified atom stereocenters. The van der Waals surface area contributed by atoms with Gasteiger partial charge in [-0.05, 0) is 56.1 Å². The Labute approximate surface area is 176 Å². The number of piperidine rings is 1. The van der Waals surface area contributed by atoms with Crippen LogP contribution >= 0.6 is 0 Å². The number of fused-ring (bicyclic) bond motifs is 1. The monoisotopic (exact) mass is 409 g/mol. The second-order valence-corrected chi connectivity index (χ2v) is 9.15. The molecule has 0 radical (unpaired) electrons. The van der Waals surface area contributed by atoms with Crippen LogP contribution in [0.5, 0.6) is 0 Å². The third-order valence-electron chi connectivity index (χ3n) is 7.57. The standard InChI is InChI=1S/C23H28FN5O/c1-27-12-9-23(20(27)30)17-29(21-25-10-2-11-26-21)16-22(23)7-13-28(14-8-22)15-18-3-5-19(24)6-4-18/h2-6,10-11H,7-9,12-17H2,1H3. The van der Waals surface area contributed by atoms with Crippen LogP contribution in [-0.2, 0) is 11.3 Å². The lowest BCUT2D eigenvalue weighted by Gasteiger charge is -2.46. The first kappa shape index (κ1) is 19.4. The van der Waals surface area contributed by atoms with Gasteiger partial charge in [-0.15, -0.1) is 0 Å². The van der Waals surface area contributed by atoms with Gasteiger partial charge >= 0.3 is 0 Å². The molecule has 2 aromatic rings. The zero-order chi connectivity index (χ0) is 20.8. The molecule has 3 saturated heterocycles. The first-order valence-electron chi connectivity index (χ1n) is 10.8. The van der Waals surface area contributed by atoms with E-state index in [-0.39, 0.29) is 22.6 Å². The van der Waals surface area contributed by atoms with Crippen molar-refractivity contribution in [2.45, 2.75) is 25.8 Å². The Hall–Kier alpha value is -2.54. The fraction of sp³-hybridized carbons (Fsp3) is 0.522. The van der Waals surface area contributed by atoms with Crippen LogP contribution in [0.2, 0.25) is 0 Å². The van der Waals surface area contributed by atoms with Gasteiger partial charge in [-0.3, -0.25) is 9.69 Å². The molecular formula is C23H28FN5O. The van der Waals surface area contributed by atoms with Crippen LogP contribution in [0, 0.1) is 16.6 Å². The summed E-state index contributed by atoms with van der Waals surface area (Å²) in [7, 11) is 1.93. The molecule has 2 spiro atoms. The second-order valence-electron chi connectivity index (χ2n) is 9.15. The highest BCUT2D eigenvalue weighted by molar-refractivity contribution is 5.87. The summed E-state index contributed by atoms with van der Waals surface area (Å²) < 4.78 is 13.2. The van der Waals surface area contributed by atoms with Gasteiger partial charge in [0, 0.05) is 51.0 Å². The first-order valence-corrected chi connectivity index (χ1v) is 10.8. The minimum Gasteiger partial charge on any atom is -0.345 e. The number of hydrogen-bond acceptors (Lipinski definition) is 5. The van der Waals surface area contributed by atoms with E-state index >= 15 is 0 Å². The van der Waals surface area contributed by atoms with Gasteiger partial charge in [-0.2, -0.15) is 0 Å². The van der Waals surface area contributed by atoms with Crippen LogP contribution in [0.1, 0.15) is 24.8 Å². The number of benzene rings is 1. The Bertz CT molecular complexity index is 913. The minimum atomic E-state index is -0.344. The molecule has 1 amide bonds. The maximum absolute atomic E-state index is 13.4. The SMILES string of the molecule is CN1CCC2(CN(c3ncccn3)CC23CCN(Cc2ccc(F)cc2)CC3)C1=O. The van der Waals surface area contributed by atoms with Crippen LogP contribution in [0.4, 0.5) is 10.3 Å². The van der Waals surface area contributed by atoms with Gasteiger partial charge in [-0.1, -0.05) is 12.1 Å². The van der Waals surface area contributed by atoms with E-state index in [1.165, 1.54) is 12.1 Å². The summed E-state index contributed by atoms with van der Waals surface area (Å²) in [6.45, 7) is 5.07. The fourth-order valence-corrected chi connectivity index (χ4v) is 5.86. The summed E-state index contributed by atoms with van der Waals surface area (Å²) in [5, 5.41) is 0. The third kappa shape index (κ3) is 3.07. The number of carbonyl (C=O) groups excluding carboxylic acids is 1. The molecule has 1 atom stereocenters. The van der Waals surface area contributed by atoms with Gasteiger partial charge in [0.15, 0.2) is 0 Å². The summed E-state index contributed by atoms with van der Waals surface area (Å²) >= 11 is 0. The Balaban J connectivity index is 1.37. The molecule has 0 aliphatic carbocycles. The molecule has 3 aliphatic heterocycles. The maximum atomic E-state index is 13.4. The number of carbonyl (C=O) groups is 1. The molecular weight excluding hydrogens is 381 g/mol. The number of amides is 1. The molecule has 7 heteroatoms. The van der Waals surface area contributed by atoms with E-state index in [0.29, 0.717) is 6.54 Å². The zero-order valence-corrected chi connectivity index (χ0v) is 17.4. The molecule has 0 bridgehead atoms. The molecule has 5 rings (SSSR count). The summed E-state index contributed by atoms with van der Waals surface area (Å²) in [4.78, 5) is 28.9. The number of likely N-dealkylation sites (tertiary alicyclic amines) is 2. The number of halogens is 1. The summed E-state index contributed by atoms with van der Waals surface area (Å²) in [5.41, 5.74) is 0.737. The first-order chi connectivity index (χ1) is 14.5.